The Morgan fingerprint density at radius 2 is 1.78 bits per heavy atom. The first-order valence-electron chi connectivity index (χ1n) is 13.2. The minimum atomic E-state index is -3.79. The number of amides is 1. The van der Waals surface area contributed by atoms with Crippen molar-refractivity contribution in [2.75, 3.05) is 52.6 Å². The van der Waals surface area contributed by atoms with E-state index in [1.165, 1.54) is 0 Å². The van der Waals surface area contributed by atoms with Crippen LogP contribution in [-0.2, 0) is 19.5 Å². The van der Waals surface area contributed by atoms with Crippen molar-refractivity contribution in [2.24, 2.45) is 11.3 Å². The van der Waals surface area contributed by atoms with E-state index >= 15 is 0 Å². The number of rotatable bonds is 8. The zero-order chi connectivity index (χ0) is 26.4. The number of hydrogen-bond donors (Lipinski definition) is 1. The SMILES string of the molecule is CC(C)(CO)N1CCN(C(=O)OCC2([C@H]3COC[C@@H](C4CC4)N3S(=O)(=O)c3ccc(Cl)cc3)CC2)CC1. The Kier molecular flexibility index (Phi) is 7.54. The van der Waals surface area contributed by atoms with E-state index in [1.807, 2.05) is 13.8 Å². The van der Waals surface area contributed by atoms with Crippen molar-refractivity contribution in [3.8, 4) is 0 Å². The molecule has 0 spiro atoms. The molecule has 37 heavy (non-hydrogen) atoms. The fourth-order valence-corrected chi connectivity index (χ4v) is 7.71. The van der Waals surface area contributed by atoms with Crippen molar-refractivity contribution >= 4 is 27.7 Å². The second-order valence-electron chi connectivity index (χ2n) is 11.6. The normalized spacial score (nSPS) is 27.2. The van der Waals surface area contributed by atoms with Gasteiger partial charge >= 0.3 is 6.09 Å². The summed E-state index contributed by atoms with van der Waals surface area (Å²) < 4.78 is 41.4. The van der Waals surface area contributed by atoms with Crippen LogP contribution in [0.25, 0.3) is 0 Å². The average molecular weight is 556 g/mol. The number of piperazine rings is 1. The van der Waals surface area contributed by atoms with Crippen LogP contribution in [-0.4, -0.2) is 104 Å². The van der Waals surface area contributed by atoms with Crippen molar-refractivity contribution in [2.45, 2.75) is 62.0 Å². The van der Waals surface area contributed by atoms with Gasteiger partial charge in [-0.25, -0.2) is 13.2 Å². The van der Waals surface area contributed by atoms with Gasteiger partial charge in [0.1, 0.15) is 6.61 Å². The zero-order valence-electron chi connectivity index (χ0n) is 21.6. The van der Waals surface area contributed by atoms with Crippen LogP contribution < -0.4 is 0 Å². The van der Waals surface area contributed by atoms with Gasteiger partial charge in [-0.3, -0.25) is 4.90 Å². The van der Waals surface area contributed by atoms with E-state index in [0.717, 1.165) is 25.7 Å². The van der Waals surface area contributed by atoms with Gasteiger partial charge in [0.15, 0.2) is 0 Å². The number of ether oxygens (including phenoxy) is 2. The second kappa shape index (κ2) is 10.3. The minimum Gasteiger partial charge on any atom is -0.449 e. The van der Waals surface area contributed by atoms with Crippen LogP contribution in [0.15, 0.2) is 29.2 Å². The van der Waals surface area contributed by atoms with Crippen LogP contribution in [0.3, 0.4) is 0 Å². The molecule has 0 bridgehead atoms. The maximum Gasteiger partial charge on any atom is 0.409 e. The lowest BCUT2D eigenvalue weighted by atomic mass is 9.95. The minimum absolute atomic E-state index is 0.0563. The Morgan fingerprint density at radius 1 is 1.14 bits per heavy atom. The molecule has 2 saturated heterocycles. The molecule has 9 nitrogen and oxygen atoms in total. The number of carbonyl (C=O) groups excluding carboxylic acids is 1. The van der Waals surface area contributed by atoms with E-state index in [2.05, 4.69) is 4.90 Å². The molecule has 1 aromatic carbocycles. The van der Waals surface area contributed by atoms with Gasteiger partial charge in [-0.2, -0.15) is 4.31 Å². The predicted molar refractivity (Wildman–Crippen MR) is 139 cm³/mol. The zero-order valence-corrected chi connectivity index (χ0v) is 23.2. The number of aliphatic hydroxyl groups is 1. The molecule has 2 aliphatic heterocycles. The van der Waals surface area contributed by atoms with Crippen molar-refractivity contribution in [1.29, 1.82) is 0 Å². The van der Waals surface area contributed by atoms with Crippen LogP contribution in [0.2, 0.25) is 5.02 Å². The monoisotopic (exact) mass is 555 g/mol. The number of aliphatic hydroxyl groups excluding tert-OH is 1. The molecular weight excluding hydrogens is 518 g/mol. The quantitative estimate of drug-likeness (QED) is 0.526. The van der Waals surface area contributed by atoms with E-state index in [-0.39, 0.29) is 41.8 Å². The summed E-state index contributed by atoms with van der Waals surface area (Å²) in [7, 11) is -3.79. The summed E-state index contributed by atoms with van der Waals surface area (Å²) >= 11 is 6.03. The molecule has 4 aliphatic rings. The van der Waals surface area contributed by atoms with Crippen LogP contribution >= 0.6 is 11.6 Å². The van der Waals surface area contributed by atoms with Gasteiger partial charge in [0.25, 0.3) is 0 Å². The molecule has 2 aliphatic carbocycles. The van der Waals surface area contributed by atoms with E-state index in [0.29, 0.717) is 50.3 Å². The summed E-state index contributed by atoms with van der Waals surface area (Å²) in [5.41, 5.74) is -0.768. The maximum absolute atomic E-state index is 13.9. The lowest BCUT2D eigenvalue weighted by Gasteiger charge is -2.45. The molecule has 1 N–H and O–H groups in total. The third kappa shape index (κ3) is 5.51. The molecule has 1 amide bonds. The van der Waals surface area contributed by atoms with Gasteiger partial charge in [-0.15, -0.1) is 0 Å². The van der Waals surface area contributed by atoms with Crippen molar-refractivity contribution < 1.29 is 27.8 Å². The Labute approximate surface area is 224 Å². The molecule has 5 rings (SSSR count). The fourth-order valence-electron chi connectivity index (χ4n) is 5.65. The first-order valence-corrected chi connectivity index (χ1v) is 15.0. The third-order valence-corrected chi connectivity index (χ3v) is 10.8. The fraction of sp³-hybridized carbons (Fsp3) is 0.731. The number of nitrogens with zero attached hydrogens (tertiary/aromatic N) is 3. The molecule has 1 aromatic rings. The third-order valence-electron chi connectivity index (χ3n) is 8.62. The van der Waals surface area contributed by atoms with Crippen LogP contribution in [0.5, 0.6) is 0 Å². The highest BCUT2D eigenvalue weighted by atomic mass is 35.5. The summed E-state index contributed by atoms with van der Waals surface area (Å²) in [6.07, 6.45) is 3.20. The van der Waals surface area contributed by atoms with Gasteiger partial charge in [-0.05, 0) is 69.7 Å². The highest BCUT2D eigenvalue weighted by molar-refractivity contribution is 7.89. The molecule has 2 heterocycles. The van der Waals surface area contributed by atoms with Crippen molar-refractivity contribution in [3.63, 3.8) is 0 Å². The Morgan fingerprint density at radius 3 is 2.35 bits per heavy atom. The Bertz CT molecular complexity index is 1080. The number of hydrogen-bond acceptors (Lipinski definition) is 7. The Hall–Kier alpha value is -1.43. The molecule has 0 unspecified atom stereocenters. The Balaban J connectivity index is 1.28. The molecule has 0 radical (unpaired) electrons. The topological polar surface area (TPSA) is 99.6 Å². The summed E-state index contributed by atoms with van der Waals surface area (Å²) in [6.45, 7) is 7.28. The molecular formula is C26H38ClN3O6S. The van der Waals surface area contributed by atoms with E-state index < -0.39 is 15.4 Å². The molecule has 2 atom stereocenters. The molecule has 206 valence electrons. The lowest BCUT2D eigenvalue weighted by molar-refractivity contribution is -0.0518. The van der Waals surface area contributed by atoms with Crippen LogP contribution in [0, 0.1) is 11.3 Å². The number of sulfonamides is 1. The van der Waals surface area contributed by atoms with Crippen LogP contribution in [0.1, 0.15) is 39.5 Å². The smallest absolute Gasteiger partial charge is 0.409 e. The second-order valence-corrected chi connectivity index (χ2v) is 13.9. The number of carbonyl (C=O) groups is 1. The molecule has 0 aromatic heterocycles. The maximum atomic E-state index is 13.9. The number of morpholine rings is 1. The highest BCUT2D eigenvalue weighted by Gasteiger charge is 2.59. The highest BCUT2D eigenvalue weighted by Crippen LogP contribution is 2.54. The largest absolute Gasteiger partial charge is 0.449 e. The molecule has 11 heteroatoms. The summed E-state index contributed by atoms with van der Waals surface area (Å²) in [6, 6.07) is 5.73. The number of halogens is 1. The molecule has 2 saturated carbocycles. The average Bonchev–Trinajstić information content (AvgIpc) is 3.82. The summed E-state index contributed by atoms with van der Waals surface area (Å²) in [5, 5.41) is 10.1. The standard InChI is InChI=1S/C26H38ClN3O6S/c1-25(2,17-31)29-13-11-28(12-14-29)24(32)36-18-26(9-10-26)23-16-35-15-22(19-3-4-19)30(23)37(33,34)21-7-5-20(27)6-8-21/h5-8,19,22-23,31H,3-4,9-18H2,1-2H3/t22-,23+/m0/s1. The summed E-state index contributed by atoms with van der Waals surface area (Å²) in [4.78, 5) is 17.1. The first-order chi connectivity index (χ1) is 17.6. The van der Waals surface area contributed by atoms with Gasteiger partial charge < -0.3 is 19.5 Å². The predicted octanol–water partition coefficient (Wildman–Crippen LogP) is 2.81. The van der Waals surface area contributed by atoms with Gasteiger partial charge in [0.2, 0.25) is 10.0 Å². The first kappa shape index (κ1) is 27.1. The lowest BCUT2D eigenvalue weighted by Crippen LogP contribution is -2.60. The van der Waals surface area contributed by atoms with E-state index in [4.69, 9.17) is 21.1 Å². The van der Waals surface area contributed by atoms with Crippen molar-refractivity contribution in [1.82, 2.24) is 14.1 Å². The summed E-state index contributed by atoms with van der Waals surface area (Å²) in [5.74, 6) is 0.294. The van der Waals surface area contributed by atoms with Gasteiger partial charge in [-0.1, -0.05) is 11.6 Å². The van der Waals surface area contributed by atoms with E-state index in [9.17, 15) is 18.3 Å². The molecule has 4 fully saturated rings. The number of benzene rings is 1. The van der Waals surface area contributed by atoms with Gasteiger partial charge in [0, 0.05) is 42.2 Å². The van der Waals surface area contributed by atoms with Crippen molar-refractivity contribution in [3.05, 3.63) is 29.3 Å². The van der Waals surface area contributed by atoms with Crippen LogP contribution in [0.4, 0.5) is 4.79 Å². The van der Waals surface area contributed by atoms with Gasteiger partial charge in [0.05, 0.1) is 36.8 Å². The van der Waals surface area contributed by atoms with E-state index in [1.54, 1.807) is 33.5 Å².